The molecule has 0 saturated heterocycles. The summed E-state index contributed by atoms with van der Waals surface area (Å²) in [6.07, 6.45) is 1.40. The lowest BCUT2D eigenvalue weighted by molar-refractivity contribution is -0.117. The van der Waals surface area contributed by atoms with Crippen molar-refractivity contribution in [3.05, 3.63) is 101 Å². The maximum absolute atomic E-state index is 12.7. The fourth-order valence-electron chi connectivity index (χ4n) is 3.07. The largest absolute Gasteiger partial charge is 0.459 e. The van der Waals surface area contributed by atoms with Gasteiger partial charge in [0.15, 0.2) is 5.76 Å². The second-order valence-electron chi connectivity index (χ2n) is 6.44. The van der Waals surface area contributed by atoms with Crippen molar-refractivity contribution in [1.82, 2.24) is 10.6 Å². The number of carbonyl (C=O) groups is 2. The Balaban J connectivity index is 1.64. The fraction of sp³-hybridized carbons (Fsp3) is 0.0435. The van der Waals surface area contributed by atoms with E-state index in [0.29, 0.717) is 11.1 Å². The summed E-state index contributed by atoms with van der Waals surface area (Å²) in [5.41, 5.74) is 2.22. The summed E-state index contributed by atoms with van der Waals surface area (Å²) in [5, 5.41) is 15.1. The Kier molecular flexibility index (Phi) is 5.22. The smallest absolute Gasteiger partial charge is 0.292 e. The minimum atomic E-state index is -0.534. The van der Waals surface area contributed by atoms with Gasteiger partial charge in [0.1, 0.15) is 17.5 Å². The van der Waals surface area contributed by atoms with E-state index < -0.39 is 11.8 Å². The molecule has 1 aliphatic rings. The van der Waals surface area contributed by atoms with E-state index >= 15 is 0 Å². The van der Waals surface area contributed by atoms with Crippen molar-refractivity contribution in [3.8, 4) is 6.07 Å². The Bertz CT molecular complexity index is 1200. The van der Waals surface area contributed by atoms with E-state index in [2.05, 4.69) is 15.6 Å². The Morgan fingerprint density at radius 1 is 0.967 bits per heavy atom. The number of rotatable bonds is 4. The normalized spacial score (nSPS) is 13.6. The zero-order valence-corrected chi connectivity index (χ0v) is 15.8. The van der Waals surface area contributed by atoms with Gasteiger partial charge in [0.2, 0.25) is 0 Å². The molecule has 0 radical (unpaired) electrons. The number of benzene rings is 2. The highest BCUT2D eigenvalue weighted by molar-refractivity contribution is 6.20. The van der Waals surface area contributed by atoms with Crippen LogP contribution in [0.25, 0.3) is 5.70 Å². The number of nitriles is 1. The molecule has 7 nitrogen and oxygen atoms in total. The maximum atomic E-state index is 12.7. The molecular formula is C23H16N4O3. The Morgan fingerprint density at radius 3 is 2.40 bits per heavy atom. The highest BCUT2D eigenvalue weighted by atomic mass is 16.3. The molecule has 2 heterocycles. The number of amides is 2. The molecule has 0 unspecified atom stereocenters. The van der Waals surface area contributed by atoms with Crippen LogP contribution in [0.3, 0.4) is 0 Å². The van der Waals surface area contributed by atoms with Gasteiger partial charge in [-0.15, -0.1) is 0 Å². The molecule has 0 aliphatic carbocycles. The van der Waals surface area contributed by atoms with Gasteiger partial charge in [0, 0.05) is 17.7 Å². The quantitative estimate of drug-likeness (QED) is 0.522. The number of amidine groups is 1. The summed E-state index contributed by atoms with van der Waals surface area (Å²) >= 11 is 0. The number of aliphatic imine (C=N–C) groups is 1. The van der Waals surface area contributed by atoms with Crippen LogP contribution >= 0.6 is 0 Å². The molecule has 1 aromatic heterocycles. The molecule has 3 aromatic rings. The van der Waals surface area contributed by atoms with E-state index in [1.807, 2.05) is 36.4 Å². The highest BCUT2D eigenvalue weighted by Crippen LogP contribution is 2.30. The molecule has 7 heteroatoms. The van der Waals surface area contributed by atoms with Crippen molar-refractivity contribution < 1.29 is 14.0 Å². The molecule has 2 N–H and O–H groups in total. The van der Waals surface area contributed by atoms with Crippen molar-refractivity contribution in [2.24, 2.45) is 4.99 Å². The lowest BCUT2D eigenvalue weighted by Gasteiger charge is -2.06. The van der Waals surface area contributed by atoms with Crippen LogP contribution in [0, 0.1) is 11.3 Å². The third-order valence-electron chi connectivity index (χ3n) is 4.51. The van der Waals surface area contributed by atoms with E-state index in [0.717, 1.165) is 5.56 Å². The fourth-order valence-corrected chi connectivity index (χ4v) is 3.07. The number of nitrogens with one attached hydrogen (secondary N) is 2. The first-order valence-corrected chi connectivity index (χ1v) is 9.17. The van der Waals surface area contributed by atoms with Gasteiger partial charge in [0.25, 0.3) is 11.8 Å². The molecule has 2 aromatic carbocycles. The van der Waals surface area contributed by atoms with Crippen LogP contribution in [0.5, 0.6) is 0 Å². The zero-order chi connectivity index (χ0) is 20.9. The SMILES string of the molecule is N#CC(C(=O)NCc1ccccc1)=C1N=C(NC(=O)c2ccco2)c2ccccc21. The van der Waals surface area contributed by atoms with Gasteiger partial charge in [0.05, 0.1) is 12.0 Å². The number of hydrogen-bond acceptors (Lipinski definition) is 5. The maximum Gasteiger partial charge on any atom is 0.292 e. The molecule has 1 aliphatic heterocycles. The van der Waals surface area contributed by atoms with Gasteiger partial charge in [-0.2, -0.15) is 5.26 Å². The van der Waals surface area contributed by atoms with Crippen LogP contribution < -0.4 is 10.6 Å². The number of fused-ring (bicyclic) bond motifs is 1. The van der Waals surface area contributed by atoms with Gasteiger partial charge in [-0.05, 0) is 17.7 Å². The van der Waals surface area contributed by atoms with Crippen LogP contribution in [0.4, 0.5) is 0 Å². The number of hydrogen-bond donors (Lipinski definition) is 2. The summed E-state index contributed by atoms with van der Waals surface area (Å²) in [5.74, 6) is -0.616. The summed E-state index contributed by atoms with van der Waals surface area (Å²) in [6.45, 7) is 0.283. The molecule has 0 atom stereocenters. The van der Waals surface area contributed by atoms with E-state index in [4.69, 9.17) is 4.42 Å². The first kappa shape index (κ1) is 18.9. The van der Waals surface area contributed by atoms with Gasteiger partial charge in [-0.25, -0.2) is 4.99 Å². The molecule has 0 bridgehead atoms. The van der Waals surface area contributed by atoms with E-state index in [-0.39, 0.29) is 29.4 Å². The van der Waals surface area contributed by atoms with Gasteiger partial charge < -0.3 is 15.1 Å². The molecule has 4 rings (SSSR count). The average molecular weight is 396 g/mol. The predicted octanol–water partition coefficient (Wildman–Crippen LogP) is 3.02. The Morgan fingerprint density at radius 2 is 1.70 bits per heavy atom. The minimum absolute atomic E-state index is 0.124. The van der Waals surface area contributed by atoms with E-state index in [1.165, 1.54) is 12.3 Å². The van der Waals surface area contributed by atoms with Crippen molar-refractivity contribution in [2.75, 3.05) is 0 Å². The third-order valence-corrected chi connectivity index (χ3v) is 4.51. The molecule has 2 amide bonds. The molecule has 0 saturated carbocycles. The van der Waals surface area contributed by atoms with Crippen molar-refractivity contribution >= 4 is 23.3 Å². The standard InChI is InChI=1S/C23H16N4O3/c24-13-18(22(28)25-14-15-7-2-1-3-8-15)20-16-9-4-5-10-17(16)21(26-20)27-23(29)19-11-6-12-30-19/h1-12H,14H2,(H,25,28)(H,26,27,29). The zero-order valence-electron chi connectivity index (χ0n) is 15.8. The van der Waals surface area contributed by atoms with Gasteiger partial charge in [-0.1, -0.05) is 54.6 Å². The molecule has 146 valence electrons. The van der Waals surface area contributed by atoms with E-state index in [9.17, 15) is 14.9 Å². The van der Waals surface area contributed by atoms with Crippen molar-refractivity contribution in [3.63, 3.8) is 0 Å². The van der Waals surface area contributed by atoms with Crippen LogP contribution in [0.15, 0.2) is 88.0 Å². The summed E-state index contributed by atoms with van der Waals surface area (Å²) < 4.78 is 5.11. The van der Waals surface area contributed by atoms with Crippen molar-refractivity contribution in [1.29, 1.82) is 5.26 Å². The van der Waals surface area contributed by atoms with Crippen LogP contribution in [0.2, 0.25) is 0 Å². The van der Waals surface area contributed by atoms with Gasteiger partial charge in [-0.3, -0.25) is 9.59 Å². The number of carbonyl (C=O) groups excluding carboxylic acids is 2. The first-order valence-electron chi connectivity index (χ1n) is 9.17. The number of nitrogens with zero attached hydrogens (tertiary/aromatic N) is 2. The molecular weight excluding hydrogens is 380 g/mol. The second kappa shape index (κ2) is 8.29. The lowest BCUT2D eigenvalue weighted by Crippen LogP contribution is -2.30. The van der Waals surface area contributed by atoms with E-state index in [1.54, 1.807) is 30.3 Å². The van der Waals surface area contributed by atoms with Crippen LogP contribution in [0.1, 0.15) is 27.2 Å². The predicted molar refractivity (Wildman–Crippen MR) is 110 cm³/mol. The van der Waals surface area contributed by atoms with Crippen molar-refractivity contribution in [2.45, 2.75) is 6.54 Å². The molecule has 30 heavy (non-hydrogen) atoms. The summed E-state index contributed by atoms with van der Waals surface area (Å²) in [7, 11) is 0. The highest BCUT2D eigenvalue weighted by Gasteiger charge is 2.27. The topological polar surface area (TPSA) is 107 Å². The molecule has 0 spiro atoms. The first-order chi connectivity index (χ1) is 14.7. The minimum Gasteiger partial charge on any atom is -0.459 e. The second-order valence-corrected chi connectivity index (χ2v) is 6.44. The Labute approximate surface area is 172 Å². The summed E-state index contributed by atoms with van der Waals surface area (Å²) in [6, 6.07) is 21.6. The number of furan rings is 1. The Hall–Kier alpha value is -4.44. The monoisotopic (exact) mass is 396 g/mol. The van der Waals surface area contributed by atoms with Gasteiger partial charge >= 0.3 is 0 Å². The third kappa shape index (κ3) is 3.75. The molecule has 0 fully saturated rings. The summed E-state index contributed by atoms with van der Waals surface area (Å²) in [4.78, 5) is 29.5. The van der Waals surface area contributed by atoms with Crippen LogP contribution in [-0.4, -0.2) is 17.6 Å². The average Bonchev–Trinajstić information content (AvgIpc) is 3.43. The lowest BCUT2D eigenvalue weighted by atomic mass is 10.0. The van der Waals surface area contributed by atoms with Crippen LogP contribution in [-0.2, 0) is 11.3 Å².